The van der Waals surface area contributed by atoms with Crippen LogP contribution in [0.1, 0.15) is 41.9 Å². The molecule has 1 aromatic heterocycles. The fourth-order valence-corrected chi connectivity index (χ4v) is 1.70. The highest BCUT2D eigenvalue weighted by Crippen LogP contribution is 2.25. The van der Waals surface area contributed by atoms with Gasteiger partial charge in [-0.2, -0.15) is 0 Å². The summed E-state index contributed by atoms with van der Waals surface area (Å²) in [5.74, 6) is -1.23. The Morgan fingerprint density at radius 1 is 1.27 bits per heavy atom. The molecule has 1 heterocycles. The van der Waals surface area contributed by atoms with Crippen molar-refractivity contribution in [1.29, 1.82) is 0 Å². The van der Waals surface area contributed by atoms with E-state index in [1.807, 2.05) is 0 Å². The van der Waals surface area contributed by atoms with Gasteiger partial charge >= 0.3 is 5.97 Å². The monoisotopic (exact) mass is 204 g/mol. The Bertz CT molecular complexity index is 396. The second-order valence-electron chi connectivity index (χ2n) is 3.58. The van der Waals surface area contributed by atoms with Crippen molar-refractivity contribution in [1.82, 2.24) is 9.97 Å². The summed E-state index contributed by atoms with van der Waals surface area (Å²) in [7, 11) is 0. The van der Waals surface area contributed by atoms with Crippen LogP contribution in [0.4, 0.5) is 0 Å². The average Bonchev–Trinajstić information content (AvgIpc) is 2.30. The summed E-state index contributed by atoms with van der Waals surface area (Å²) in [5, 5.41) is 8.65. The molecule has 0 spiro atoms. The van der Waals surface area contributed by atoms with Gasteiger partial charge in [-0.3, -0.25) is 0 Å². The highest BCUT2D eigenvalue weighted by atomic mass is 16.4. The molecule has 0 amide bonds. The zero-order valence-electron chi connectivity index (χ0n) is 8.31. The van der Waals surface area contributed by atoms with Crippen molar-refractivity contribution in [2.24, 2.45) is 0 Å². The number of carboxylic acid groups (broad SMARTS) is 1. The van der Waals surface area contributed by atoms with Crippen molar-refractivity contribution < 1.29 is 9.90 Å². The van der Waals surface area contributed by atoms with Gasteiger partial charge in [0.1, 0.15) is 0 Å². The Morgan fingerprint density at radius 3 is 2.53 bits per heavy atom. The Labute approximate surface area is 87.7 Å². The second kappa shape index (κ2) is 4.21. The van der Waals surface area contributed by atoms with Crippen LogP contribution in [0.2, 0.25) is 0 Å². The molecule has 0 radical (unpaired) electrons. The molecular formula is C11H12N2O2. The predicted octanol–water partition coefficient (Wildman–Crippen LogP) is 2.13. The summed E-state index contributed by atoms with van der Waals surface area (Å²) < 4.78 is 0. The van der Waals surface area contributed by atoms with Crippen molar-refractivity contribution >= 4 is 11.5 Å². The SMILES string of the molecule is O=C(O)c1ncc(C2=CCCCC2)cn1. The van der Waals surface area contributed by atoms with Gasteiger partial charge in [0.05, 0.1) is 0 Å². The van der Waals surface area contributed by atoms with Gasteiger partial charge in [-0.15, -0.1) is 0 Å². The second-order valence-corrected chi connectivity index (χ2v) is 3.58. The van der Waals surface area contributed by atoms with E-state index >= 15 is 0 Å². The Morgan fingerprint density at radius 2 is 2.00 bits per heavy atom. The van der Waals surface area contributed by atoms with E-state index in [2.05, 4.69) is 16.0 Å². The quantitative estimate of drug-likeness (QED) is 0.801. The first-order valence-corrected chi connectivity index (χ1v) is 5.02. The number of aromatic carboxylic acids is 1. The third-order valence-electron chi connectivity index (χ3n) is 2.50. The van der Waals surface area contributed by atoms with Crippen LogP contribution in [0, 0.1) is 0 Å². The molecule has 0 saturated carbocycles. The van der Waals surface area contributed by atoms with Crippen molar-refractivity contribution in [2.45, 2.75) is 25.7 Å². The summed E-state index contributed by atoms with van der Waals surface area (Å²) in [4.78, 5) is 18.2. The lowest BCUT2D eigenvalue weighted by Gasteiger charge is -2.11. The van der Waals surface area contributed by atoms with Crippen LogP contribution >= 0.6 is 0 Å². The van der Waals surface area contributed by atoms with Gasteiger partial charge in [0.25, 0.3) is 0 Å². The fraction of sp³-hybridized carbons (Fsp3) is 0.364. The molecule has 0 saturated heterocycles. The molecule has 1 N–H and O–H groups in total. The largest absolute Gasteiger partial charge is 0.475 e. The molecule has 0 atom stereocenters. The van der Waals surface area contributed by atoms with Crippen LogP contribution in [0.25, 0.3) is 5.57 Å². The number of carbonyl (C=O) groups is 1. The first-order chi connectivity index (χ1) is 7.27. The lowest BCUT2D eigenvalue weighted by atomic mass is 9.95. The van der Waals surface area contributed by atoms with Crippen molar-refractivity contribution in [3.63, 3.8) is 0 Å². The summed E-state index contributed by atoms with van der Waals surface area (Å²) in [5.41, 5.74) is 2.18. The van der Waals surface area contributed by atoms with Gasteiger partial charge in [0.2, 0.25) is 5.82 Å². The predicted molar refractivity (Wildman–Crippen MR) is 55.4 cm³/mol. The van der Waals surface area contributed by atoms with Gasteiger partial charge in [0.15, 0.2) is 0 Å². The molecule has 0 unspecified atom stereocenters. The van der Waals surface area contributed by atoms with E-state index < -0.39 is 5.97 Å². The number of aromatic nitrogens is 2. The smallest absolute Gasteiger partial charge is 0.373 e. The maximum Gasteiger partial charge on any atom is 0.373 e. The topological polar surface area (TPSA) is 63.1 Å². The maximum absolute atomic E-state index is 10.5. The summed E-state index contributed by atoms with van der Waals surface area (Å²) in [6, 6.07) is 0. The van der Waals surface area contributed by atoms with Gasteiger partial charge in [-0.25, -0.2) is 14.8 Å². The Balaban J connectivity index is 2.23. The molecule has 1 aliphatic rings. The van der Waals surface area contributed by atoms with Crippen LogP contribution in [0.3, 0.4) is 0 Å². The fourth-order valence-electron chi connectivity index (χ4n) is 1.70. The van der Waals surface area contributed by atoms with Crippen LogP contribution in [0.15, 0.2) is 18.5 Å². The lowest BCUT2D eigenvalue weighted by molar-refractivity contribution is 0.0683. The highest BCUT2D eigenvalue weighted by Gasteiger charge is 2.09. The molecule has 1 aliphatic carbocycles. The van der Waals surface area contributed by atoms with Gasteiger partial charge in [-0.05, 0) is 31.3 Å². The standard InChI is InChI=1S/C11H12N2O2/c14-11(15)10-12-6-9(7-13-10)8-4-2-1-3-5-8/h4,6-7H,1-3,5H2,(H,14,15). The molecule has 4 nitrogen and oxygen atoms in total. The van der Waals surface area contributed by atoms with Crippen LogP contribution in [0.5, 0.6) is 0 Å². The highest BCUT2D eigenvalue weighted by molar-refractivity contribution is 5.83. The van der Waals surface area contributed by atoms with E-state index in [4.69, 9.17) is 5.11 Å². The van der Waals surface area contributed by atoms with E-state index in [1.165, 1.54) is 18.4 Å². The van der Waals surface area contributed by atoms with Crippen molar-refractivity contribution in [3.8, 4) is 0 Å². The molecule has 0 aromatic carbocycles. The van der Waals surface area contributed by atoms with Crippen molar-refractivity contribution in [3.05, 3.63) is 29.9 Å². The van der Waals surface area contributed by atoms with Crippen molar-refractivity contribution in [2.75, 3.05) is 0 Å². The normalized spacial score (nSPS) is 15.9. The van der Waals surface area contributed by atoms with Gasteiger partial charge in [0, 0.05) is 18.0 Å². The minimum absolute atomic E-state index is 0.143. The number of hydrogen-bond donors (Lipinski definition) is 1. The van der Waals surface area contributed by atoms with E-state index in [0.29, 0.717) is 0 Å². The summed E-state index contributed by atoms with van der Waals surface area (Å²) in [6.07, 6.45) is 9.92. The zero-order chi connectivity index (χ0) is 10.7. The molecule has 15 heavy (non-hydrogen) atoms. The molecule has 0 fully saturated rings. The molecule has 0 bridgehead atoms. The van der Waals surface area contributed by atoms with E-state index in [-0.39, 0.29) is 5.82 Å². The Hall–Kier alpha value is -1.71. The number of carboxylic acids is 1. The molecular weight excluding hydrogens is 192 g/mol. The van der Waals surface area contributed by atoms with Gasteiger partial charge < -0.3 is 5.11 Å². The number of allylic oxidation sites excluding steroid dienone is 2. The number of hydrogen-bond acceptors (Lipinski definition) is 3. The first kappa shape index (κ1) is 9.83. The minimum Gasteiger partial charge on any atom is -0.475 e. The third-order valence-corrected chi connectivity index (χ3v) is 2.50. The van der Waals surface area contributed by atoms with Gasteiger partial charge in [-0.1, -0.05) is 6.08 Å². The van der Waals surface area contributed by atoms with Crippen LogP contribution < -0.4 is 0 Å². The van der Waals surface area contributed by atoms with E-state index in [9.17, 15) is 4.79 Å². The summed E-state index contributed by atoms with van der Waals surface area (Å²) in [6.45, 7) is 0. The minimum atomic E-state index is -1.08. The maximum atomic E-state index is 10.5. The van der Waals surface area contributed by atoms with E-state index in [1.54, 1.807) is 12.4 Å². The lowest BCUT2D eigenvalue weighted by Crippen LogP contribution is -2.04. The molecule has 78 valence electrons. The Kier molecular flexibility index (Phi) is 2.76. The molecule has 2 rings (SSSR count). The number of nitrogens with zero attached hydrogens (tertiary/aromatic N) is 2. The van der Waals surface area contributed by atoms with Crippen LogP contribution in [-0.2, 0) is 0 Å². The molecule has 0 aliphatic heterocycles. The summed E-state index contributed by atoms with van der Waals surface area (Å²) >= 11 is 0. The third kappa shape index (κ3) is 2.21. The molecule has 1 aromatic rings. The average molecular weight is 204 g/mol. The first-order valence-electron chi connectivity index (χ1n) is 5.02. The zero-order valence-corrected chi connectivity index (χ0v) is 8.31. The van der Waals surface area contributed by atoms with Crippen LogP contribution in [-0.4, -0.2) is 21.0 Å². The molecule has 4 heteroatoms. The number of rotatable bonds is 2. The van der Waals surface area contributed by atoms with E-state index in [0.717, 1.165) is 18.4 Å².